The molecule has 0 atom stereocenters. The van der Waals surface area contributed by atoms with Crippen LogP contribution >= 0.6 is 0 Å². The molecule has 6 bridgehead atoms. The lowest BCUT2D eigenvalue weighted by Crippen LogP contribution is -2.32. The van der Waals surface area contributed by atoms with Gasteiger partial charge in [-0.15, -0.1) is 0 Å². The smallest absolute Gasteiger partial charge is 0.275 e. The Morgan fingerprint density at radius 2 is 1.93 bits per heavy atom. The Hall–Kier alpha value is -3.16. The molecule has 1 amide bonds. The van der Waals surface area contributed by atoms with Crippen molar-refractivity contribution >= 4 is 16.9 Å². The Bertz CT molecular complexity index is 1090. The third kappa shape index (κ3) is 4.31. The number of nitrogens with one attached hydrogen (secondary N) is 1. The molecule has 0 saturated carbocycles. The van der Waals surface area contributed by atoms with Crippen LogP contribution in [0.25, 0.3) is 11.0 Å². The van der Waals surface area contributed by atoms with Crippen LogP contribution in [-0.4, -0.2) is 36.9 Å². The summed E-state index contributed by atoms with van der Waals surface area (Å²) < 4.78 is 3.66. The molecule has 5 rings (SSSR count). The molecule has 0 radical (unpaired) electrons. The molecule has 2 N–H and O–H groups in total. The fourth-order valence-electron chi connectivity index (χ4n) is 3.70. The molecule has 29 heavy (non-hydrogen) atoms. The number of nitrogens with zero attached hydrogens (tertiary/aromatic N) is 4. The van der Waals surface area contributed by atoms with Crippen LogP contribution in [0.3, 0.4) is 0 Å². The van der Waals surface area contributed by atoms with E-state index in [4.69, 9.17) is 0 Å². The van der Waals surface area contributed by atoms with Crippen LogP contribution in [0.1, 0.15) is 48.2 Å². The van der Waals surface area contributed by atoms with E-state index in [0.717, 1.165) is 56.1 Å². The first kappa shape index (κ1) is 19.2. The highest BCUT2D eigenvalue weighted by Gasteiger charge is 2.16. The molecule has 3 aromatic heterocycles. The number of carbonyl (C=O) groups is 1. The quantitative estimate of drug-likeness (QED) is 0.608. The number of aryl methyl sites for hydroxylation is 3. The van der Waals surface area contributed by atoms with Crippen LogP contribution in [-0.2, 0) is 19.5 Å². The lowest BCUT2D eigenvalue weighted by Gasteiger charge is -2.09. The normalized spacial score (nSPS) is 16.3. The van der Waals surface area contributed by atoms with E-state index in [9.17, 15) is 14.7 Å². The van der Waals surface area contributed by atoms with Crippen LogP contribution in [0.15, 0.2) is 35.5 Å². The Labute approximate surface area is 168 Å². The molecule has 8 nitrogen and oxygen atoms in total. The van der Waals surface area contributed by atoms with Crippen LogP contribution < -0.4 is 10.7 Å². The van der Waals surface area contributed by atoms with E-state index < -0.39 is 17.1 Å². The number of aromatic nitrogens is 4. The minimum atomic E-state index is -0.729. The van der Waals surface area contributed by atoms with Crippen molar-refractivity contribution in [3.63, 3.8) is 0 Å². The van der Waals surface area contributed by atoms with Crippen molar-refractivity contribution in [2.24, 2.45) is 0 Å². The summed E-state index contributed by atoms with van der Waals surface area (Å²) in [6.45, 7) is 1.86. The van der Waals surface area contributed by atoms with Crippen molar-refractivity contribution in [2.45, 2.75) is 51.6 Å². The van der Waals surface area contributed by atoms with Gasteiger partial charge in [0.2, 0.25) is 0 Å². The lowest BCUT2D eigenvalue weighted by molar-refractivity contribution is 0.0943. The zero-order valence-corrected chi connectivity index (χ0v) is 16.3. The summed E-state index contributed by atoms with van der Waals surface area (Å²) in [5.41, 5.74) is 1.21. The van der Waals surface area contributed by atoms with Crippen molar-refractivity contribution in [1.82, 2.24) is 24.6 Å². The number of hydrogen-bond donors (Lipinski definition) is 2. The Kier molecular flexibility index (Phi) is 5.59. The minimum Gasteiger partial charge on any atom is -0.503 e. The zero-order valence-electron chi connectivity index (χ0n) is 16.3. The fourth-order valence-corrected chi connectivity index (χ4v) is 3.70. The summed E-state index contributed by atoms with van der Waals surface area (Å²) in [6, 6.07) is 4.29. The Morgan fingerprint density at radius 1 is 1.07 bits per heavy atom. The first-order valence-corrected chi connectivity index (χ1v) is 10.1. The average molecular weight is 395 g/mol. The summed E-state index contributed by atoms with van der Waals surface area (Å²) in [4.78, 5) is 29.1. The van der Waals surface area contributed by atoms with Crippen molar-refractivity contribution in [3.05, 3.63) is 52.2 Å². The summed E-state index contributed by atoms with van der Waals surface area (Å²) in [5, 5.41) is 17.9. The highest BCUT2D eigenvalue weighted by molar-refractivity contribution is 5.92. The van der Waals surface area contributed by atoms with Crippen LogP contribution in [0, 0.1) is 0 Å². The number of carbonyl (C=O) groups excluding carboxylic acids is 1. The van der Waals surface area contributed by atoms with Gasteiger partial charge in [-0.05, 0) is 56.2 Å². The second-order valence-corrected chi connectivity index (χ2v) is 7.49. The average Bonchev–Trinajstić information content (AvgIpc) is 3.11. The van der Waals surface area contributed by atoms with Gasteiger partial charge in [0.15, 0.2) is 11.4 Å². The van der Waals surface area contributed by atoms with E-state index in [1.54, 1.807) is 0 Å². The Morgan fingerprint density at radius 3 is 2.83 bits per heavy atom. The fraction of sp³-hybridized carbons (Fsp3) is 0.429. The molecule has 0 spiro atoms. The van der Waals surface area contributed by atoms with Crippen molar-refractivity contribution in [3.8, 4) is 5.75 Å². The maximum absolute atomic E-state index is 12.4. The van der Waals surface area contributed by atoms with Crippen molar-refractivity contribution in [2.75, 3.05) is 6.54 Å². The first-order valence-electron chi connectivity index (χ1n) is 10.1. The number of rotatable bonds is 0. The molecule has 5 heterocycles. The van der Waals surface area contributed by atoms with Gasteiger partial charge < -0.3 is 15.0 Å². The molecule has 2 aliphatic rings. The highest BCUT2D eigenvalue weighted by Crippen LogP contribution is 2.17. The molecule has 2 aliphatic heterocycles. The minimum absolute atomic E-state index is 0.252. The van der Waals surface area contributed by atoms with Gasteiger partial charge in [0.25, 0.3) is 11.3 Å². The lowest BCUT2D eigenvalue weighted by atomic mass is 10.1. The van der Waals surface area contributed by atoms with Gasteiger partial charge in [-0.1, -0.05) is 0 Å². The molecule has 8 heteroatoms. The van der Waals surface area contributed by atoms with E-state index in [1.165, 1.54) is 16.4 Å². The molecule has 0 aromatic carbocycles. The van der Waals surface area contributed by atoms with Gasteiger partial charge in [-0.2, -0.15) is 5.10 Å². The SMILES string of the molecule is O=C1NCCCCc2cnc3c(ccn3CCCCCn3cc(O)c(=O)c1n3)c2. The number of amides is 1. The highest BCUT2D eigenvalue weighted by atomic mass is 16.3. The second kappa shape index (κ2) is 8.46. The summed E-state index contributed by atoms with van der Waals surface area (Å²) in [5.74, 6) is -0.987. The zero-order chi connectivity index (χ0) is 20.2. The standard InChI is InChI=1S/C21H25N5O3/c27-17-14-26-10-5-1-4-9-25-11-7-16-12-15(13-23-20(16)25)6-2-3-8-22-21(29)18(24-26)19(17)28/h7,11-14,27H,1-6,8-10H2,(H,22,29). The number of aromatic hydroxyl groups is 1. The summed E-state index contributed by atoms with van der Waals surface area (Å²) in [6.07, 6.45) is 10.6. The van der Waals surface area contributed by atoms with Gasteiger partial charge in [0.05, 0.1) is 6.20 Å². The molecule has 0 fully saturated rings. The van der Waals surface area contributed by atoms with Crippen LogP contribution in [0.2, 0.25) is 0 Å². The van der Waals surface area contributed by atoms with E-state index in [1.807, 2.05) is 6.20 Å². The van der Waals surface area contributed by atoms with Gasteiger partial charge in [0, 0.05) is 37.4 Å². The topological polar surface area (TPSA) is 102 Å². The predicted molar refractivity (Wildman–Crippen MR) is 109 cm³/mol. The predicted octanol–water partition coefficient (Wildman–Crippen LogP) is 2.24. The van der Waals surface area contributed by atoms with Gasteiger partial charge in [0.1, 0.15) is 5.65 Å². The number of hydrogen-bond acceptors (Lipinski definition) is 5. The molecule has 0 saturated heterocycles. The molecular weight excluding hydrogens is 370 g/mol. The van der Waals surface area contributed by atoms with Crippen molar-refractivity contribution < 1.29 is 9.90 Å². The van der Waals surface area contributed by atoms with Crippen molar-refractivity contribution in [1.29, 1.82) is 0 Å². The first-order chi connectivity index (χ1) is 14.1. The third-order valence-corrected chi connectivity index (χ3v) is 5.28. The number of fused-ring (bicyclic) bond motifs is 10. The van der Waals surface area contributed by atoms with Gasteiger partial charge >= 0.3 is 0 Å². The van der Waals surface area contributed by atoms with E-state index in [-0.39, 0.29) is 5.69 Å². The van der Waals surface area contributed by atoms with E-state index in [0.29, 0.717) is 13.1 Å². The molecule has 0 unspecified atom stereocenters. The molecular formula is C21H25N5O3. The molecule has 0 aliphatic carbocycles. The Balaban J connectivity index is 1.54. The second-order valence-electron chi connectivity index (χ2n) is 7.49. The summed E-state index contributed by atoms with van der Waals surface area (Å²) >= 11 is 0. The summed E-state index contributed by atoms with van der Waals surface area (Å²) in [7, 11) is 0. The third-order valence-electron chi connectivity index (χ3n) is 5.28. The van der Waals surface area contributed by atoms with Crippen LogP contribution in [0.5, 0.6) is 5.75 Å². The monoisotopic (exact) mass is 395 g/mol. The largest absolute Gasteiger partial charge is 0.503 e. The van der Waals surface area contributed by atoms with Crippen LogP contribution in [0.4, 0.5) is 0 Å². The molecule has 152 valence electrons. The van der Waals surface area contributed by atoms with E-state index in [2.05, 4.69) is 38.3 Å². The van der Waals surface area contributed by atoms with Gasteiger partial charge in [-0.3, -0.25) is 14.3 Å². The molecule has 3 aromatic rings. The maximum atomic E-state index is 12.4. The van der Waals surface area contributed by atoms with E-state index >= 15 is 0 Å². The number of pyridine rings is 1. The maximum Gasteiger partial charge on any atom is 0.275 e. The van der Waals surface area contributed by atoms with Gasteiger partial charge in [-0.25, -0.2) is 4.98 Å².